The second-order valence-electron chi connectivity index (χ2n) is 6.83. The quantitative estimate of drug-likeness (QED) is 0.200. The van der Waals surface area contributed by atoms with Crippen LogP contribution in [-0.2, 0) is 23.9 Å². The van der Waals surface area contributed by atoms with E-state index in [0.717, 1.165) is 19.3 Å². The summed E-state index contributed by atoms with van der Waals surface area (Å²) in [7, 11) is -4.60. The number of carboxylic acid groups (broad SMARTS) is 2. The number of hydrogen-bond donors (Lipinski definition) is 2. The molecule has 0 aromatic carbocycles. The minimum absolute atomic E-state index is 0.287. The zero-order valence-electron chi connectivity index (χ0n) is 16.3. The highest BCUT2D eigenvalue weighted by atomic mass is 32.2. The molecule has 7 nitrogen and oxygen atoms in total. The van der Waals surface area contributed by atoms with Crippen LogP contribution >= 0.6 is 0 Å². The summed E-state index contributed by atoms with van der Waals surface area (Å²) in [5.74, 6) is -3.18. The Morgan fingerprint density at radius 2 is 1.44 bits per heavy atom. The zero-order valence-corrected chi connectivity index (χ0v) is 17.1. The molecule has 1 atom stereocenters. The number of hydrogen-bond acceptors (Lipinski definition) is 5. The highest BCUT2D eigenvalue weighted by molar-refractivity contribution is 7.89. The summed E-state index contributed by atoms with van der Waals surface area (Å²) >= 11 is 0. The van der Waals surface area contributed by atoms with Crippen molar-refractivity contribution in [1.29, 1.82) is 0 Å². The van der Waals surface area contributed by atoms with E-state index in [-0.39, 0.29) is 6.42 Å². The largest absolute Gasteiger partial charge is 0.481 e. The van der Waals surface area contributed by atoms with Gasteiger partial charge in [-0.05, 0) is 6.42 Å². The lowest BCUT2D eigenvalue weighted by Crippen LogP contribution is -2.49. The van der Waals surface area contributed by atoms with Gasteiger partial charge in [-0.3, -0.25) is 13.8 Å². The molecule has 0 radical (unpaired) electrons. The molecule has 0 saturated carbocycles. The number of carboxylic acids is 2. The maximum absolute atomic E-state index is 12.4. The first-order valence-electron chi connectivity index (χ1n) is 9.68. The van der Waals surface area contributed by atoms with E-state index < -0.39 is 39.8 Å². The average Bonchev–Trinajstić information content (AvgIpc) is 2.59. The number of carbonyl (C=O) groups is 2. The van der Waals surface area contributed by atoms with Crippen LogP contribution in [0.4, 0.5) is 0 Å². The molecule has 8 heteroatoms. The Morgan fingerprint density at radius 1 is 0.963 bits per heavy atom. The van der Waals surface area contributed by atoms with Crippen LogP contribution in [0.1, 0.15) is 84.0 Å². The molecule has 2 N–H and O–H groups in total. The lowest BCUT2D eigenvalue weighted by molar-refractivity contribution is -0.147. The Hall–Kier alpha value is -1.41. The van der Waals surface area contributed by atoms with Crippen molar-refractivity contribution in [3.05, 3.63) is 12.7 Å². The van der Waals surface area contributed by atoms with Crippen LogP contribution in [0.3, 0.4) is 0 Å². The Bertz CT molecular complexity index is 556. The number of rotatable bonds is 18. The normalized spacial score (nSPS) is 13.8. The lowest BCUT2D eigenvalue weighted by Gasteiger charge is -2.26. The summed E-state index contributed by atoms with van der Waals surface area (Å²) in [6.07, 6.45) is 9.88. The first-order valence-corrected chi connectivity index (χ1v) is 11.1. The van der Waals surface area contributed by atoms with Crippen molar-refractivity contribution in [1.82, 2.24) is 0 Å². The maximum Gasteiger partial charge on any atom is 0.328 e. The summed E-state index contributed by atoms with van der Waals surface area (Å²) in [4.78, 5) is 22.8. The van der Waals surface area contributed by atoms with Crippen LogP contribution in [0.2, 0.25) is 0 Å². The lowest BCUT2D eigenvalue weighted by atomic mass is 9.96. The second kappa shape index (κ2) is 13.7. The smallest absolute Gasteiger partial charge is 0.328 e. The molecule has 0 fully saturated rings. The van der Waals surface area contributed by atoms with Crippen molar-refractivity contribution < 1.29 is 32.4 Å². The van der Waals surface area contributed by atoms with Crippen LogP contribution in [-0.4, -0.2) is 41.9 Å². The zero-order chi connectivity index (χ0) is 20.8. The van der Waals surface area contributed by atoms with E-state index in [1.54, 1.807) is 0 Å². The predicted molar refractivity (Wildman–Crippen MR) is 104 cm³/mol. The van der Waals surface area contributed by atoms with Gasteiger partial charge in [0.2, 0.25) is 4.75 Å². The van der Waals surface area contributed by atoms with Gasteiger partial charge in [0.05, 0.1) is 13.0 Å². The average molecular weight is 407 g/mol. The van der Waals surface area contributed by atoms with Crippen LogP contribution < -0.4 is 0 Å². The molecule has 0 aromatic rings. The molecule has 0 rings (SSSR count). The summed E-state index contributed by atoms with van der Waals surface area (Å²) in [5, 5.41) is 18.5. The Labute approximate surface area is 162 Å². The minimum Gasteiger partial charge on any atom is -0.481 e. The third-order valence-electron chi connectivity index (χ3n) is 4.58. The van der Waals surface area contributed by atoms with Crippen molar-refractivity contribution in [2.24, 2.45) is 0 Å². The molecule has 0 spiro atoms. The van der Waals surface area contributed by atoms with Crippen LogP contribution in [0.5, 0.6) is 0 Å². The highest BCUT2D eigenvalue weighted by Crippen LogP contribution is 2.31. The molecule has 0 saturated heterocycles. The molecule has 0 heterocycles. The maximum atomic E-state index is 12.4. The Kier molecular flexibility index (Phi) is 13.0. The monoisotopic (exact) mass is 406 g/mol. The third kappa shape index (κ3) is 9.37. The SMILES string of the molecule is C=CCOS(=O)(=O)C(CCCCCCCCCCCC)(CC(=O)O)C(=O)O. The fourth-order valence-electron chi connectivity index (χ4n) is 2.98. The first kappa shape index (κ1) is 25.6. The molecule has 0 aliphatic carbocycles. The fourth-order valence-corrected chi connectivity index (χ4v) is 4.39. The van der Waals surface area contributed by atoms with Crippen molar-refractivity contribution in [3.8, 4) is 0 Å². The van der Waals surface area contributed by atoms with Gasteiger partial charge in [0.1, 0.15) is 0 Å². The summed E-state index contributed by atoms with van der Waals surface area (Å²) in [5.41, 5.74) is 0. The van der Waals surface area contributed by atoms with E-state index in [1.165, 1.54) is 38.2 Å². The number of unbranched alkanes of at least 4 members (excludes halogenated alkanes) is 9. The summed E-state index contributed by atoms with van der Waals surface area (Å²) < 4.78 is 26.9. The van der Waals surface area contributed by atoms with E-state index in [1.807, 2.05) is 0 Å². The molecular weight excluding hydrogens is 372 g/mol. The molecule has 158 valence electrons. The standard InChI is InChI=1S/C19H34O7S/c1-3-5-6-7-8-9-10-11-12-13-14-19(18(22)23,16-17(20)21)27(24,25)26-15-4-2/h4H,2-3,5-16H2,1H3,(H,20,21)(H,22,23). The van der Waals surface area contributed by atoms with Gasteiger partial charge >= 0.3 is 11.9 Å². The minimum atomic E-state index is -4.60. The fraction of sp³-hybridized carbons (Fsp3) is 0.789. The second-order valence-corrected chi connectivity index (χ2v) is 8.75. The molecule has 0 aliphatic heterocycles. The van der Waals surface area contributed by atoms with Gasteiger partial charge < -0.3 is 10.2 Å². The van der Waals surface area contributed by atoms with Gasteiger partial charge in [0.25, 0.3) is 10.1 Å². The topological polar surface area (TPSA) is 118 Å². The van der Waals surface area contributed by atoms with Crippen molar-refractivity contribution >= 4 is 22.1 Å². The Balaban J connectivity index is 4.64. The Morgan fingerprint density at radius 3 is 1.85 bits per heavy atom. The van der Waals surface area contributed by atoms with Crippen molar-refractivity contribution in [3.63, 3.8) is 0 Å². The van der Waals surface area contributed by atoms with Gasteiger partial charge in [-0.2, -0.15) is 8.42 Å². The van der Waals surface area contributed by atoms with Crippen LogP contribution in [0, 0.1) is 0 Å². The van der Waals surface area contributed by atoms with E-state index in [2.05, 4.69) is 17.7 Å². The third-order valence-corrected chi connectivity index (χ3v) is 6.51. The highest BCUT2D eigenvalue weighted by Gasteiger charge is 2.53. The van der Waals surface area contributed by atoms with Gasteiger partial charge in [-0.25, -0.2) is 0 Å². The molecule has 0 amide bonds. The number of aliphatic carboxylic acids is 2. The van der Waals surface area contributed by atoms with Crippen molar-refractivity contribution in [2.75, 3.05) is 6.61 Å². The van der Waals surface area contributed by atoms with E-state index >= 15 is 0 Å². The molecule has 0 aliphatic rings. The van der Waals surface area contributed by atoms with Gasteiger partial charge in [0, 0.05) is 0 Å². The van der Waals surface area contributed by atoms with Crippen LogP contribution in [0.15, 0.2) is 12.7 Å². The summed E-state index contributed by atoms with van der Waals surface area (Å²) in [6, 6.07) is 0. The first-order chi connectivity index (χ1) is 12.7. The van der Waals surface area contributed by atoms with E-state index in [0.29, 0.717) is 12.8 Å². The van der Waals surface area contributed by atoms with Gasteiger partial charge in [-0.15, -0.1) is 6.58 Å². The molecular formula is C19H34O7S. The van der Waals surface area contributed by atoms with Gasteiger partial charge in [0.15, 0.2) is 0 Å². The summed E-state index contributed by atoms with van der Waals surface area (Å²) in [6.45, 7) is 5.10. The molecule has 0 bridgehead atoms. The van der Waals surface area contributed by atoms with Gasteiger partial charge in [-0.1, -0.05) is 77.2 Å². The molecule has 1 unspecified atom stereocenters. The van der Waals surface area contributed by atoms with Crippen LogP contribution in [0.25, 0.3) is 0 Å². The molecule has 27 heavy (non-hydrogen) atoms. The van der Waals surface area contributed by atoms with Crippen molar-refractivity contribution in [2.45, 2.75) is 88.7 Å². The molecule has 0 aromatic heterocycles. The van der Waals surface area contributed by atoms with E-state index in [9.17, 15) is 23.1 Å². The predicted octanol–water partition coefficient (Wildman–Crippen LogP) is 4.13. The van der Waals surface area contributed by atoms with E-state index in [4.69, 9.17) is 5.11 Å².